The highest BCUT2D eigenvalue weighted by atomic mass is 32.2. The van der Waals surface area contributed by atoms with Gasteiger partial charge < -0.3 is 5.32 Å². The molecule has 2 unspecified atom stereocenters. The lowest BCUT2D eigenvalue weighted by Gasteiger charge is -2.32. The summed E-state index contributed by atoms with van der Waals surface area (Å²) in [4.78, 5) is 21.5. The van der Waals surface area contributed by atoms with Crippen molar-refractivity contribution in [3.63, 3.8) is 0 Å². The maximum absolute atomic E-state index is 14.6. The number of hydrogen-bond acceptors (Lipinski definition) is 4. The number of anilines is 1. The van der Waals surface area contributed by atoms with Gasteiger partial charge >= 0.3 is 0 Å². The van der Waals surface area contributed by atoms with E-state index in [1.54, 1.807) is 18.6 Å². The monoisotopic (exact) mass is 485 g/mol. The van der Waals surface area contributed by atoms with Crippen molar-refractivity contribution in [1.82, 2.24) is 9.97 Å². The highest BCUT2D eigenvalue weighted by molar-refractivity contribution is 7.98. The Hall–Kier alpha value is -2.87. The Labute approximate surface area is 201 Å². The van der Waals surface area contributed by atoms with E-state index < -0.39 is 34.6 Å². The summed E-state index contributed by atoms with van der Waals surface area (Å²) in [6.45, 7) is 4.46. The van der Waals surface area contributed by atoms with E-state index in [9.17, 15) is 18.0 Å². The zero-order valence-corrected chi connectivity index (χ0v) is 20.1. The molecule has 4 rings (SSSR count). The minimum atomic E-state index is -0.941. The Morgan fingerprint density at radius 2 is 1.68 bits per heavy atom. The quantitative estimate of drug-likeness (QED) is 0.393. The van der Waals surface area contributed by atoms with Crippen LogP contribution in [0.15, 0.2) is 47.6 Å². The molecule has 2 aromatic heterocycles. The number of halogens is 3. The first-order chi connectivity index (χ1) is 16.3. The molecule has 1 N–H and O–H groups in total. The van der Waals surface area contributed by atoms with E-state index in [4.69, 9.17) is 0 Å². The molecular formula is C26H26F3N3OS. The Balaban J connectivity index is 1.64. The van der Waals surface area contributed by atoms with Gasteiger partial charge in [0.25, 0.3) is 5.91 Å². The SMILES string of the molecule is CSc1cc(F)c(-c2nc(C(=O)Nc3cnccc3C3CC(C)C[C@@H](C)C3)ccc2F)c(F)c1. The van der Waals surface area contributed by atoms with Crippen molar-refractivity contribution in [2.24, 2.45) is 11.8 Å². The molecule has 1 aliphatic rings. The number of amides is 1. The molecule has 34 heavy (non-hydrogen) atoms. The molecular weight excluding hydrogens is 459 g/mol. The lowest BCUT2D eigenvalue weighted by atomic mass is 9.74. The third-order valence-electron chi connectivity index (χ3n) is 6.29. The van der Waals surface area contributed by atoms with Crippen LogP contribution in [-0.4, -0.2) is 22.1 Å². The number of rotatable bonds is 5. The molecule has 0 radical (unpaired) electrons. The molecule has 4 nitrogen and oxygen atoms in total. The predicted molar refractivity (Wildman–Crippen MR) is 128 cm³/mol. The van der Waals surface area contributed by atoms with Gasteiger partial charge in [0.2, 0.25) is 0 Å². The summed E-state index contributed by atoms with van der Waals surface area (Å²) in [5.41, 5.74) is 0.264. The van der Waals surface area contributed by atoms with E-state index in [1.807, 2.05) is 6.07 Å². The van der Waals surface area contributed by atoms with Crippen LogP contribution in [0.25, 0.3) is 11.3 Å². The maximum Gasteiger partial charge on any atom is 0.274 e. The summed E-state index contributed by atoms with van der Waals surface area (Å²) in [6.07, 6.45) is 8.17. The lowest BCUT2D eigenvalue weighted by molar-refractivity contribution is 0.102. The molecule has 3 aromatic rings. The van der Waals surface area contributed by atoms with E-state index in [-0.39, 0.29) is 11.6 Å². The van der Waals surface area contributed by atoms with Crippen LogP contribution in [0.5, 0.6) is 0 Å². The van der Waals surface area contributed by atoms with E-state index in [0.29, 0.717) is 22.4 Å². The molecule has 1 aliphatic carbocycles. The smallest absolute Gasteiger partial charge is 0.274 e. The molecule has 2 heterocycles. The summed E-state index contributed by atoms with van der Waals surface area (Å²) in [5.74, 6) is -1.96. The standard InChI is InChI=1S/C26H26F3N3OS/c1-14-8-15(2)10-16(9-14)18-6-7-30-13-23(18)32-26(33)22-5-4-19(27)25(31-22)24-20(28)11-17(34-3)12-21(24)29/h4-7,11-16H,8-10H2,1-3H3,(H,32,33)/t14-,15?,16?/m1/s1. The summed E-state index contributed by atoms with van der Waals surface area (Å²) in [7, 11) is 0. The Morgan fingerprint density at radius 1 is 1.00 bits per heavy atom. The molecule has 8 heteroatoms. The van der Waals surface area contributed by atoms with Crippen molar-refractivity contribution in [2.75, 3.05) is 11.6 Å². The maximum atomic E-state index is 14.6. The Kier molecular flexibility index (Phi) is 7.26. The molecule has 3 atom stereocenters. The van der Waals surface area contributed by atoms with Gasteiger partial charge in [-0.3, -0.25) is 9.78 Å². The van der Waals surface area contributed by atoms with Crippen molar-refractivity contribution >= 4 is 23.4 Å². The molecule has 0 bridgehead atoms. The molecule has 0 spiro atoms. The zero-order chi connectivity index (χ0) is 24.4. The number of aromatic nitrogens is 2. The van der Waals surface area contributed by atoms with Gasteiger partial charge in [0.05, 0.1) is 17.4 Å². The molecule has 1 amide bonds. The number of nitrogens with zero attached hydrogens (tertiary/aromatic N) is 2. The number of benzene rings is 1. The summed E-state index contributed by atoms with van der Waals surface area (Å²) < 4.78 is 43.7. The Morgan fingerprint density at radius 3 is 2.32 bits per heavy atom. The van der Waals surface area contributed by atoms with Gasteiger partial charge in [0.1, 0.15) is 28.8 Å². The van der Waals surface area contributed by atoms with Crippen LogP contribution in [0.3, 0.4) is 0 Å². The highest BCUT2D eigenvalue weighted by Crippen LogP contribution is 2.41. The van der Waals surface area contributed by atoms with E-state index >= 15 is 0 Å². The first kappa shape index (κ1) is 24.3. The highest BCUT2D eigenvalue weighted by Gasteiger charge is 2.27. The van der Waals surface area contributed by atoms with Gasteiger partial charge in [-0.05, 0) is 79.2 Å². The van der Waals surface area contributed by atoms with E-state index in [1.165, 1.54) is 12.5 Å². The van der Waals surface area contributed by atoms with E-state index in [2.05, 4.69) is 29.1 Å². The lowest BCUT2D eigenvalue weighted by Crippen LogP contribution is -2.21. The van der Waals surface area contributed by atoms with Crippen molar-refractivity contribution < 1.29 is 18.0 Å². The molecule has 1 fully saturated rings. The van der Waals surface area contributed by atoms with Crippen LogP contribution >= 0.6 is 11.8 Å². The van der Waals surface area contributed by atoms with Crippen LogP contribution in [0.2, 0.25) is 0 Å². The average molecular weight is 486 g/mol. The molecule has 0 saturated heterocycles. The van der Waals surface area contributed by atoms with Gasteiger partial charge in [-0.2, -0.15) is 0 Å². The second-order valence-corrected chi connectivity index (χ2v) is 9.90. The molecule has 1 saturated carbocycles. The van der Waals surface area contributed by atoms with Gasteiger partial charge in [-0.25, -0.2) is 18.2 Å². The number of carbonyl (C=O) groups is 1. The average Bonchev–Trinajstić information content (AvgIpc) is 2.79. The predicted octanol–water partition coefficient (Wildman–Crippen LogP) is 7.07. The first-order valence-corrected chi connectivity index (χ1v) is 12.4. The van der Waals surface area contributed by atoms with Crippen LogP contribution in [0, 0.1) is 29.3 Å². The van der Waals surface area contributed by atoms with Crippen molar-refractivity contribution in [1.29, 1.82) is 0 Å². The van der Waals surface area contributed by atoms with Crippen molar-refractivity contribution in [3.05, 3.63) is 71.4 Å². The normalized spacial score (nSPS) is 20.2. The van der Waals surface area contributed by atoms with Crippen molar-refractivity contribution in [3.8, 4) is 11.3 Å². The van der Waals surface area contributed by atoms with Gasteiger partial charge in [0.15, 0.2) is 0 Å². The van der Waals surface area contributed by atoms with Gasteiger partial charge in [-0.1, -0.05) is 13.8 Å². The zero-order valence-electron chi connectivity index (χ0n) is 19.2. The van der Waals surface area contributed by atoms with Crippen molar-refractivity contribution in [2.45, 2.75) is 43.9 Å². The number of carbonyl (C=O) groups excluding carboxylic acids is 1. The first-order valence-electron chi connectivity index (χ1n) is 11.2. The largest absolute Gasteiger partial charge is 0.319 e. The fourth-order valence-corrected chi connectivity index (χ4v) is 5.33. The van der Waals surface area contributed by atoms with Crippen LogP contribution in [-0.2, 0) is 0 Å². The topological polar surface area (TPSA) is 54.9 Å². The van der Waals surface area contributed by atoms with Crippen LogP contribution in [0.1, 0.15) is 55.1 Å². The number of nitrogens with one attached hydrogen (secondary N) is 1. The van der Waals surface area contributed by atoms with E-state index in [0.717, 1.165) is 48.4 Å². The number of pyridine rings is 2. The fourth-order valence-electron chi connectivity index (χ4n) is 4.89. The Bertz CT molecular complexity index is 1190. The van der Waals surface area contributed by atoms with Gasteiger partial charge in [-0.15, -0.1) is 11.8 Å². The fraction of sp³-hybridized carbons (Fsp3) is 0.346. The van der Waals surface area contributed by atoms with Crippen LogP contribution < -0.4 is 5.32 Å². The second-order valence-electron chi connectivity index (χ2n) is 9.02. The number of hydrogen-bond donors (Lipinski definition) is 1. The van der Waals surface area contributed by atoms with Crippen LogP contribution in [0.4, 0.5) is 18.9 Å². The summed E-state index contributed by atoms with van der Waals surface area (Å²) >= 11 is 1.16. The molecule has 0 aliphatic heterocycles. The second kappa shape index (κ2) is 10.2. The summed E-state index contributed by atoms with van der Waals surface area (Å²) in [5, 5.41) is 2.82. The molecule has 178 valence electrons. The number of thioether (sulfide) groups is 1. The molecule has 1 aromatic carbocycles. The third kappa shape index (κ3) is 5.12. The summed E-state index contributed by atoms with van der Waals surface area (Å²) in [6, 6.07) is 6.33. The minimum absolute atomic E-state index is 0.149. The van der Waals surface area contributed by atoms with Gasteiger partial charge in [0, 0.05) is 11.1 Å². The minimum Gasteiger partial charge on any atom is -0.319 e. The third-order valence-corrected chi connectivity index (χ3v) is 7.00.